The topological polar surface area (TPSA) is 151 Å². The number of methoxy groups -OCH3 is 1. The summed E-state index contributed by atoms with van der Waals surface area (Å²) in [7, 11) is 1.09. The summed E-state index contributed by atoms with van der Waals surface area (Å²) >= 11 is 0. The summed E-state index contributed by atoms with van der Waals surface area (Å²) in [5, 5.41) is 22.9. The molecular formula is C24H26N2O8. The normalized spacial score (nSPS) is 13.7. The van der Waals surface area contributed by atoms with Crippen molar-refractivity contribution >= 4 is 23.9 Å². The molecule has 0 saturated heterocycles. The molecule has 2 unspecified atom stereocenters. The number of nitrogens with one attached hydrogen (secondary N) is 2. The molecule has 0 aromatic heterocycles. The Labute approximate surface area is 195 Å². The highest BCUT2D eigenvalue weighted by atomic mass is 16.5. The summed E-state index contributed by atoms with van der Waals surface area (Å²) in [6.07, 6.45) is -1.57. The fourth-order valence-electron chi connectivity index (χ4n) is 3.91. The average Bonchev–Trinajstić information content (AvgIpc) is 3.16. The highest BCUT2D eigenvalue weighted by molar-refractivity contribution is 5.90. The summed E-state index contributed by atoms with van der Waals surface area (Å²) in [5.41, 5.74) is 4.15. The van der Waals surface area contributed by atoms with E-state index in [2.05, 4.69) is 15.4 Å². The van der Waals surface area contributed by atoms with Gasteiger partial charge in [0, 0.05) is 12.3 Å². The van der Waals surface area contributed by atoms with Gasteiger partial charge in [-0.3, -0.25) is 9.59 Å². The van der Waals surface area contributed by atoms with Gasteiger partial charge in [0.25, 0.3) is 0 Å². The van der Waals surface area contributed by atoms with Crippen LogP contribution in [0.3, 0.4) is 0 Å². The Bertz CT molecular complexity index is 1020. The first kappa shape index (κ1) is 24.7. The highest BCUT2D eigenvalue weighted by Gasteiger charge is 2.31. The Kier molecular flexibility index (Phi) is 8.20. The number of carboxylic acids is 1. The van der Waals surface area contributed by atoms with E-state index in [1.54, 1.807) is 0 Å². The van der Waals surface area contributed by atoms with Crippen LogP contribution in [0.15, 0.2) is 48.5 Å². The van der Waals surface area contributed by atoms with Crippen LogP contribution in [0.4, 0.5) is 4.79 Å². The van der Waals surface area contributed by atoms with E-state index in [0.29, 0.717) is 0 Å². The molecule has 0 bridgehead atoms. The van der Waals surface area contributed by atoms with Gasteiger partial charge in [0.05, 0.1) is 13.7 Å². The molecule has 0 spiro atoms. The van der Waals surface area contributed by atoms with Gasteiger partial charge in [-0.1, -0.05) is 48.5 Å². The lowest BCUT2D eigenvalue weighted by atomic mass is 9.98. The van der Waals surface area contributed by atoms with Gasteiger partial charge in [-0.25, -0.2) is 9.59 Å². The van der Waals surface area contributed by atoms with E-state index < -0.39 is 49.1 Å². The van der Waals surface area contributed by atoms with Gasteiger partial charge >= 0.3 is 18.0 Å². The van der Waals surface area contributed by atoms with Crippen molar-refractivity contribution in [2.24, 2.45) is 0 Å². The van der Waals surface area contributed by atoms with Crippen molar-refractivity contribution in [2.75, 3.05) is 20.3 Å². The minimum absolute atomic E-state index is 0.00849. The van der Waals surface area contributed by atoms with E-state index in [1.165, 1.54) is 0 Å². The van der Waals surface area contributed by atoms with E-state index in [-0.39, 0.29) is 18.9 Å². The molecule has 0 saturated carbocycles. The number of aliphatic hydroxyl groups excluding tert-OH is 1. The third-order valence-corrected chi connectivity index (χ3v) is 5.58. The maximum Gasteiger partial charge on any atom is 0.407 e. The number of ether oxygens (including phenoxy) is 2. The van der Waals surface area contributed by atoms with Gasteiger partial charge in [-0.2, -0.15) is 0 Å². The van der Waals surface area contributed by atoms with Crippen molar-refractivity contribution in [2.45, 2.75) is 30.8 Å². The highest BCUT2D eigenvalue weighted by Crippen LogP contribution is 2.44. The summed E-state index contributed by atoms with van der Waals surface area (Å²) in [6, 6.07) is 13.0. The molecule has 10 heteroatoms. The third kappa shape index (κ3) is 5.70. The number of fused-ring (bicyclic) bond motifs is 3. The van der Waals surface area contributed by atoms with Gasteiger partial charge in [0.15, 0.2) is 6.04 Å². The molecule has 0 radical (unpaired) electrons. The fourth-order valence-corrected chi connectivity index (χ4v) is 3.91. The zero-order valence-electron chi connectivity index (χ0n) is 18.5. The zero-order chi connectivity index (χ0) is 24.7. The number of carboxylic acid groups (broad SMARTS) is 1. The van der Waals surface area contributed by atoms with Gasteiger partial charge in [-0.05, 0) is 28.7 Å². The molecule has 4 N–H and O–H groups in total. The smallest absolute Gasteiger partial charge is 0.407 e. The van der Waals surface area contributed by atoms with Crippen LogP contribution in [-0.2, 0) is 23.9 Å². The number of amides is 2. The molecular weight excluding hydrogens is 444 g/mol. The largest absolute Gasteiger partial charge is 0.481 e. The summed E-state index contributed by atoms with van der Waals surface area (Å²) in [6.45, 7) is -0.719. The number of carbonyl (C=O) groups is 4. The molecule has 34 heavy (non-hydrogen) atoms. The summed E-state index contributed by atoms with van der Waals surface area (Å²) < 4.78 is 9.90. The quantitative estimate of drug-likeness (QED) is 0.381. The third-order valence-electron chi connectivity index (χ3n) is 5.58. The number of hydrogen-bond donors (Lipinski definition) is 4. The van der Waals surface area contributed by atoms with Crippen LogP contribution >= 0.6 is 0 Å². The molecule has 2 aromatic carbocycles. The molecule has 1 aliphatic carbocycles. The van der Waals surface area contributed by atoms with Crippen molar-refractivity contribution in [3.63, 3.8) is 0 Å². The van der Waals surface area contributed by atoms with E-state index in [0.717, 1.165) is 29.4 Å². The number of hydrogen-bond acceptors (Lipinski definition) is 7. The fraction of sp³-hybridized carbons (Fsp3) is 0.333. The molecule has 180 valence electrons. The maximum absolute atomic E-state index is 12.6. The van der Waals surface area contributed by atoms with Crippen molar-refractivity contribution in [3.05, 3.63) is 59.7 Å². The SMILES string of the molecule is COC(=O)C(CO)NC(=O)C(CCC(=O)O)NC(=O)OCC1c2ccccc2-c2ccccc21. The zero-order valence-corrected chi connectivity index (χ0v) is 18.5. The van der Waals surface area contributed by atoms with E-state index in [9.17, 15) is 24.3 Å². The molecule has 0 heterocycles. The predicted molar refractivity (Wildman–Crippen MR) is 120 cm³/mol. The Morgan fingerprint density at radius 1 is 0.941 bits per heavy atom. The molecule has 10 nitrogen and oxygen atoms in total. The lowest BCUT2D eigenvalue weighted by molar-refractivity contribution is -0.146. The monoisotopic (exact) mass is 470 g/mol. The number of rotatable bonds is 10. The standard InChI is InChI=1S/C24H26N2O8/c1-33-23(31)20(12-27)25-22(30)19(10-11-21(28)29)26-24(32)34-13-18-16-8-4-2-6-14(16)15-7-3-5-9-17(15)18/h2-9,18-20,27H,10-13H2,1H3,(H,25,30)(H,26,32)(H,28,29). The van der Waals surface area contributed by atoms with E-state index >= 15 is 0 Å². The van der Waals surface area contributed by atoms with Crippen molar-refractivity contribution < 1.29 is 38.9 Å². The number of alkyl carbamates (subject to hydrolysis) is 1. The Morgan fingerprint density at radius 2 is 1.53 bits per heavy atom. The number of aliphatic carboxylic acids is 1. The minimum Gasteiger partial charge on any atom is -0.481 e. The lowest BCUT2D eigenvalue weighted by Crippen LogP contribution is -2.53. The maximum atomic E-state index is 12.6. The van der Waals surface area contributed by atoms with Crippen LogP contribution < -0.4 is 10.6 Å². The predicted octanol–water partition coefficient (Wildman–Crippen LogP) is 1.41. The molecule has 2 aromatic rings. The summed E-state index contributed by atoms with van der Waals surface area (Å²) in [5.74, 6) is -3.09. The van der Waals surface area contributed by atoms with Crippen LogP contribution in [0.25, 0.3) is 11.1 Å². The minimum atomic E-state index is -1.35. The first-order valence-corrected chi connectivity index (χ1v) is 10.7. The Hall–Kier alpha value is -3.92. The second-order valence-corrected chi connectivity index (χ2v) is 7.72. The average molecular weight is 470 g/mol. The number of esters is 1. The van der Waals surface area contributed by atoms with Crippen molar-refractivity contribution in [3.8, 4) is 11.1 Å². The second kappa shape index (κ2) is 11.3. The van der Waals surface area contributed by atoms with E-state index in [4.69, 9.17) is 9.84 Å². The van der Waals surface area contributed by atoms with Gasteiger partial charge < -0.3 is 30.3 Å². The number of aliphatic hydroxyl groups is 1. The molecule has 1 aliphatic rings. The molecule has 0 aliphatic heterocycles. The van der Waals surface area contributed by atoms with Crippen LogP contribution in [0.1, 0.15) is 29.9 Å². The number of carbonyl (C=O) groups excluding carboxylic acids is 3. The lowest BCUT2D eigenvalue weighted by Gasteiger charge is -2.21. The Morgan fingerprint density at radius 3 is 2.06 bits per heavy atom. The number of benzene rings is 2. The van der Waals surface area contributed by atoms with Crippen molar-refractivity contribution in [1.29, 1.82) is 0 Å². The summed E-state index contributed by atoms with van der Waals surface area (Å²) in [4.78, 5) is 47.7. The van der Waals surface area contributed by atoms with E-state index in [1.807, 2.05) is 48.5 Å². The van der Waals surface area contributed by atoms with Crippen molar-refractivity contribution in [1.82, 2.24) is 10.6 Å². The molecule has 0 fully saturated rings. The molecule has 3 rings (SSSR count). The van der Waals surface area contributed by atoms with Gasteiger partial charge in [0.1, 0.15) is 12.6 Å². The van der Waals surface area contributed by atoms with Crippen LogP contribution in [0, 0.1) is 0 Å². The van der Waals surface area contributed by atoms with Gasteiger partial charge in [0.2, 0.25) is 5.91 Å². The van der Waals surface area contributed by atoms with Crippen LogP contribution in [-0.4, -0.2) is 66.6 Å². The second-order valence-electron chi connectivity index (χ2n) is 7.72. The molecule has 2 atom stereocenters. The first-order chi connectivity index (χ1) is 16.3. The van der Waals surface area contributed by atoms with Crippen LogP contribution in [0.2, 0.25) is 0 Å². The van der Waals surface area contributed by atoms with Crippen LogP contribution in [0.5, 0.6) is 0 Å². The Balaban J connectivity index is 1.67. The molecule has 2 amide bonds. The first-order valence-electron chi connectivity index (χ1n) is 10.7. The van der Waals surface area contributed by atoms with Gasteiger partial charge in [-0.15, -0.1) is 0 Å².